The number of carbonyl (C=O) groups is 2. The Bertz CT molecular complexity index is 746. The van der Waals surface area contributed by atoms with Crippen LogP contribution in [-0.4, -0.2) is 45.8 Å². The summed E-state index contributed by atoms with van der Waals surface area (Å²) in [6.45, 7) is 1.11. The normalized spacial score (nSPS) is 26.5. The third-order valence-corrected chi connectivity index (χ3v) is 5.86. The van der Waals surface area contributed by atoms with Crippen LogP contribution in [0.1, 0.15) is 59.2 Å². The number of rotatable bonds is 3. The van der Waals surface area contributed by atoms with Gasteiger partial charge in [-0.3, -0.25) is 29.5 Å². The number of piperidine rings is 1. The molecule has 0 aromatic heterocycles. The molecule has 4 rings (SSSR count). The van der Waals surface area contributed by atoms with Gasteiger partial charge in [0.2, 0.25) is 0 Å². The fourth-order valence-corrected chi connectivity index (χ4v) is 4.68. The van der Waals surface area contributed by atoms with Crippen LogP contribution in [0, 0.1) is 16.0 Å². The first-order valence-electron chi connectivity index (χ1n) is 8.95. The lowest BCUT2D eigenvalue weighted by Gasteiger charge is -2.45. The predicted octanol–water partition coefficient (Wildman–Crippen LogP) is 2.80. The second kappa shape index (κ2) is 6.22. The number of benzene rings is 1. The zero-order valence-electron chi connectivity index (χ0n) is 14.0. The number of likely N-dealkylation sites (tertiary alicyclic amines) is 1. The van der Waals surface area contributed by atoms with Crippen molar-refractivity contribution < 1.29 is 14.5 Å². The minimum Gasteiger partial charge on any atom is -0.282 e. The van der Waals surface area contributed by atoms with Crippen LogP contribution in [0.5, 0.6) is 0 Å². The molecule has 3 aliphatic rings. The number of amides is 2. The standard InChI is InChI=1S/C18H21N3O4/c22-17-13-7-3-9-15(21(24)25)16(13)18(23)20(17)11-19-10-4-6-12-5-1-2-8-14(12)19/h3,7,9,12,14H,1-2,4-6,8,10-11H2/t12-,14+/m1/s1. The first-order chi connectivity index (χ1) is 12.1. The molecule has 1 aromatic rings. The molecule has 1 aliphatic carbocycles. The predicted molar refractivity (Wildman–Crippen MR) is 90.1 cm³/mol. The number of hydrogen-bond acceptors (Lipinski definition) is 5. The fraction of sp³-hybridized carbons (Fsp3) is 0.556. The zero-order chi connectivity index (χ0) is 17.6. The van der Waals surface area contributed by atoms with Gasteiger partial charge in [-0.05, 0) is 37.7 Å². The summed E-state index contributed by atoms with van der Waals surface area (Å²) >= 11 is 0. The van der Waals surface area contributed by atoms with Crippen molar-refractivity contribution in [3.8, 4) is 0 Å². The minimum atomic E-state index is -0.592. The minimum absolute atomic E-state index is 0.0605. The molecule has 0 radical (unpaired) electrons. The molecule has 7 heteroatoms. The van der Waals surface area contributed by atoms with Crippen LogP contribution in [0.4, 0.5) is 5.69 Å². The number of imide groups is 1. The first-order valence-corrected chi connectivity index (χ1v) is 8.95. The highest BCUT2D eigenvalue weighted by atomic mass is 16.6. The number of nitro benzene ring substituents is 1. The number of nitro groups is 1. The lowest BCUT2D eigenvalue weighted by atomic mass is 9.78. The molecule has 0 spiro atoms. The molecule has 7 nitrogen and oxygen atoms in total. The average Bonchev–Trinajstić information content (AvgIpc) is 2.87. The first kappa shape index (κ1) is 16.2. The van der Waals surface area contributed by atoms with E-state index >= 15 is 0 Å². The van der Waals surface area contributed by atoms with Crippen molar-refractivity contribution in [1.82, 2.24) is 9.80 Å². The Labute approximate surface area is 145 Å². The quantitative estimate of drug-likeness (QED) is 0.479. The number of nitrogens with zero attached hydrogens (tertiary/aromatic N) is 3. The maximum absolute atomic E-state index is 12.7. The van der Waals surface area contributed by atoms with E-state index in [0.29, 0.717) is 12.0 Å². The maximum Gasteiger partial charge on any atom is 0.282 e. The second-order valence-electron chi connectivity index (χ2n) is 7.20. The highest BCUT2D eigenvalue weighted by molar-refractivity contribution is 6.23. The van der Waals surface area contributed by atoms with Gasteiger partial charge in [-0.2, -0.15) is 0 Å². The van der Waals surface area contributed by atoms with E-state index in [1.54, 1.807) is 0 Å². The molecule has 0 unspecified atom stereocenters. The maximum atomic E-state index is 12.7. The Morgan fingerprint density at radius 1 is 1.08 bits per heavy atom. The van der Waals surface area contributed by atoms with Crippen molar-refractivity contribution in [2.75, 3.05) is 13.2 Å². The third kappa shape index (κ3) is 2.63. The lowest BCUT2D eigenvalue weighted by Crippen LogP contribution is -2.52. The van der Waals surface area contributed by atoms with Crippen LogP contribution in [0.15, 0.2) is 18.2 Å². The molecule has 2 amide bonds. The molecule has 1 aromatic carbocycles. The van der Waals surface area contributed by atoms with Crippen LogP contribution in [0.25, 0.3) is 0 Å². The smallest absolute Gasteiger partial charge is 0.282 e. The molecular formula is C18H21N3O4. The van der Waals surface area contributed by atoms with Gasteiger partial charge in [0, 0.05) is 18.7 Å². The molecule has 2 atom stereocenters. The molecule has 1 saturated heterocycles. The summed E-state index contributed by atoms with van der Waals surface area (Å²) < 4.78 is 0. The molecular weight excluding hydrogens is 322 g/mol. The van der Waals surface area contributed by atoms with Crippen molar-refractivity contribution in [3.63, 3.8) is 0 Å². The number of carbonyl (C=O) groups excluding carboxylic acids is 2. The molecule has 2 heterocycles. The van der Waals surface area contributed by atoms with Crippen LogP contribution >= 0.6 is 0 Å². The van der Waals surface area contributed by atoms with E-state index in [4.69, 9.17) is 0 Å². The Morgan fingerprint density at radius 2 is 1.84 bits per heavy atom. The summed E-state index contributed by atoms with van der Waals surface area (Å²) in [6, 6.07) is 4.67. The second-order valence-corrected chi connectivity index (χ2v) is 7.20. The summed E-state index contributed by atoms with van der Waals surface area (Å²) in [7, 11) is 0. The third-order valence-electron chi connectivity index (χ3n) is 5.86. The molecule has 132 valence electrons. The molecule has 0 bridgehead atoms. The van der Waals surface area contributed by atoms with E-state index < -0.39 is 16.7 Å². The molecule has 2 aliphatic heterocycles. The van der Waals surface area contributed by atoms with Crippen LogP contribution in [0.3, 0.4) is 0 Å². The van der Waals surface area contributed by atoms with Gasteiger partial charge in [0.1, 0.15) is 5.56 Å². The lowest BCUT2D eigenvalue weighted by molar-refractivity contribution is -0.385. The van der Waals surface area contributed by atoms with Crippen molar-refractivity contribution in [2.45, 2.75) is 44.6 Å². The summed E-state index contributed by atoms with van der Waals surface area (Å²) in [5.74, 6) is -0.307. The molecule has 0 N–H and O–H groups in total. The van der Waals surface area contributed by atoms with Crippen LogP contribution < -0.4 is 0 Å². The van der Waals surface area contributed by atoms with Gasteiger partial charge < -0.3 is 0 Å². The van der Waals surface area contributed by atoms with Crippen LogP contribution in [-0.2, 0) is 0 Å². The van der Waals surface area contributed by atoms with Crippen LogP contribution in [0.2, 0.25) is 0 Å². The molecule has 2 fully saturated rings. The summed E-state index contributed by atoms with van der Waals surface area (Å²) in [4.78, 5) is 39.5. The van der Waals surface area contributed by atoms with E-state index in [1.807, 2.05) is 0 Å². The summed E-state index contributed by atoms with van der Waals surface area (Å²) in [6.07, 6.45) is 7.06. The SMILES string of the molecule is O=C1c2cccc([N+](=O)[O-])c2C(=O)N1CN1CCC[C@H]2CCCC[C@@H]21. The number of fused-ring (bicyclic) bond motifs is 2. The van der Waals surface area contributed by atoms with Gasteiger partial charge >= 0.3 is 0 Å². The van der Waals surface area contributed by atoms with Crippen molar-refractivity contribution in [1.29, 1.82) is 0 Å². The van der Waals surface area contributed by atoms with E-state index in [2.05, 4.69) is 4.90 Å². The Morgan fingerprint density at radius 3 is 2.64 bits per heavy atom. The van der Waals surface area contributed by atoms with Gasteiger partial charge in [0.15, 0.2) is 0 Å². The van der Waals surface area contributed by atoms with Crippen molar-refractivity contribution in [2.24, 2.45) is 5.92 Å². The Hall–Kier alpha value is -2.28. The number of hydrogen-bond donors (Lipinski definition) is 0. The van der Waals surface area contributed by atoms with E-state index in [1.165, 1.54) is 48.8 Å². The van der Waals surface area contributed by atoms with Gasteiger partial charge in [0.05, 0.1) is 17.2 Å². The fourth-order valence-electron chi connectivity index (χ4n) is 4.68. The highest BCUT2D eigenvalue weighted by Crippen LogP contribution is 2.36. The zero-order valence-corrected chi connectivity index (χ0v) is 14.0. The topological polar surface area (TPSA) is 83.8 Å². The van der Waals surface area contributed by atoms with E-state index in [9.17, 15) is 19.7 Å². The molecule has 1 saturated carbocycles. The summed E-state index contributed by atoms with van der Waals surface area (Å²) in [5, 5.41) is 11.2. The Kier molecular flexibility index (Phi) is 4.03. The Balaban J connectivity index is 1.60. The van der Waals surface area contributed by atoms with E-state index in [0.717, 1.165) is 19.4 Å². The molecule has 25 heavy (non-hydrogen) atoms. The average molecular weight is 343 g/mol. The monoisotopic (exact) mass is 343 g/mol. The largest absolute Gasteiger partial charge is 0.282 e. The van der Waals surface area contributed by atoms with Crippen molar-refractivity contribution >= 4 is 17.5 Å². The van der Waals surface area contributed by atoms with Gasteiger partial charge in [-0.25, -0.2) is 0 Å². The summed E-state index contributed by atoms with van der Waals surface area (Å²) in [5.41, 5.74) is -0.196. The van der Waals surface area contributed by atoms with Gasteiger partial charge in [0.25, 0.3) is 17.5 Å². The van der Waals surface area contributed by atoms with E-state index in [-0.39, 0.29) is 23.5 Å². The van der Waals surface area contributed by atoms with Gasteiger partial charge in [-0.1, -0.05) is 18.9 Å². The highest BCUT2D eigenvalue weighted by Gasteiger charge is 2.43. The van der Waals surface area contributed by atoms with Crippen molar-refractivity contribution in [3.05, 3.63) is 39.4 Å². The van der Waals surface area contributed by atoms with Gasteiger partial charge in [-0.15, -0.1) is 0 Å².